The highest BCUT2D eigenvalue weighted by Crippen LogP contribution is 2.32. The first-order valence-corrected chi connectivity index (χ1v) is 11.1. The molecule has 7 nitrogen and oxygen atoms in total. The predicted molar refractivity (Wildman–Crippen MR) is 121 cm³/mol. The number of hydrogen-bond acceptors (Lipinski definition) is 6. The summed E-state index contributed by atoms with van der Waals surface area (Å²) in [4.78, 5) is 23.7. The fourth-order valence-electron chi connectivity index (χ4n) is 3.75. The maximum absolute atomic E-state index is 12.4. The van der Waals surface area contributed by atoms with Crippen LogP contribution in [0.15, 0.2) is 47.1 Å². The molecule has 31 heavy (non-hydrogen) atoms. The number of nitrogens with one attached hydrogen (secondary N) is 1. The van der Waals surface area contributed by atoms with E-state index in [4.69, 9.17) is 16.1 Å². The molecule has 0 aliphatic carbocycles. The SMILES string of the molecule is CCCCNC(=O)C1CCN(c2ncccc2-c2nc(-c3ccc(Cl)cc3)no2)CC1. The van der Waals surface area contributed by atoms with Crippen LogP contribution in [-0.4, -0.2) is 40.7 Å². The van der Waals surface area contributed by atoms with Crippen LogP contribution in [0.2, 0.25) is 5.02 Å². The molecule has 0 radical (unpaired) electrons. The minimum absolute atomic E-state index is 0.0557. The molecule has 0 saturated carbocycles. The maximum atomic E-state index is 12.4. The van der Waals surface area contributed by atoms with E-state index >= 15 is 0 Å². The lowest BCUT2D eigenvalue weighted by Crippen LogP contribution is -2.41. The molecule has 8 heteroatoms. The van der Waals surface area contributed by atoms with Crippen molar-refractivity contribution in [2.75, 3.05) is 24.5 Å². The van der Waals surface area contributed by atoms with E-state index < -0.39 is 0 Å². The van der Waals surface area contributed by atoms with E-state index in [2.05, 4.69) is 32.3 Å². The molecule has 1 aromatic carbocycles. The minimum atomic E-state index is 0.0557. The number of piperidine rings is 1. The van der Waals surface area contributed by atoms with E-state index in [0.29, 0.717) is 16.7 Å². The second-order valence-electron chi connectivity index (χ2n) is 7.71. The van der Waals surface area contributed by atoms with Crippen LogP contribution >= 0.6 is 11.6 Å². The first-order valence-electron chi connectivity index (χ1n) is 10.7. The molecule has 4 rings (SSSR count). The summed E-state index contributed by atoms with van der Waals surface area (Å²) < 4.78 is 5.56. The second-order valence-corrected chi connectivity index (χ2v) is 8.15. The van der Waals surface area contributed by atoms with Gasteiger partial charge in [0.05, 0.1) is 5.56 Å². The van der Waals surface area contributed by atoms with Crippen LogP contribution in [-0.2, 0) is 4.79 Å². The predicted octanol–water partition coefficient (Wildman–Crippen LogP) is 4.58. The van der Waals surface area contributed by atoms with Gasteiger partial charge in [-0.2, -0.15) is 4.98 Å². The van der Waals surface area contributed by atoms with Crippen LogP contribution < -0.4 is 10.2 Å². The number of carbonyl (C=O) groups excluding carboxylic acids is 1. The van der Waals surface area contributed by atoms with Crippen LogP contribution in [0.5, 0.6) is 0 Å². The lowest BCUT2D eigenvalue weighted by molar-refractivity contribution is -0.125. The number of benzene rings is 1. The maximum Gasteiger partial charge on any atom is 0.261 e. The van der Waals surface area contributed by atoms with Crippen molar-refractivity contribution in [3.8, 4) is 22.8 Å². The van der Waals surface area contributed by atoms with Crippen LogP contribution in [0.25, 0.3) is 22.8 Å². The highest BCUT2D eigenvalue weighted by molar-refractivity contribution is 6.30. The van der Waals surface area contributed by atoms with E-state index in [0.717, 1.165) is 62.3 Å². The van der Waals surface area contributed by atoms with Crippen molar-refractivity contribution in [3.05, 3.63) is 47.6 Å². The molecule has 0 atom stereocenters. The molecule has 1 aliphatic rings. The fraction of sp³-hybridized carbons (Fsp3) is 0.391. The Bertz CT molecular complexity index is 1010. The van der Waals surface area contributed by atoms with Crippen molar-refractivity contribution in [1.82, 2.24) is 20.4 Å². The van der Waals surface area contributed by atoms with E-state index in [9.17, 15) is 4.79 Å². The third-order valence-electron chi connectivity index (χ3n) is 5.54. The molecule has 1 fully saturated rings. The van der Waals surface area contributed by atoms with Crippen molar-refractivity contribution in [2.45, 2.75) is 32.6 Å². The smallest absolute Gasteiger partial charge is 0.261 e. The van der Waals surface area contributed by atoms with Crippen LogP contribution in [0, 0.1) is 5.92 Å². The Labute approximate surface area is 186 Å². The zero-order valence-corrected chi connectivity index (χ0v) is 18.3. The summed E-state index contributed by atoms with van der Waals surface area (Å²) in [5.74, 6) is 1.95. The number of amides is 1. The number of hydrogen-bond donors (Lipinski definition) is 1. The number of carbonyl (C=O) groups is 1. The van der Waals surface area contributed by atoms with Gasteiger partial charge < -0.3 is 14.7 Å². The van der Waals surface area contributed by atoms with Crippen LogP contribution in [0.3, 0.4) is 0 Å². The van der Waals surface area contributed by atoms with Gasteiger partial charge >= 0.3 is 0 Å². The van der Waals surface area contributed by atoms with Crippen molar-refractivity contribution >= 4 is 23.3 Å². The van der Waals surface area contributed by atoms with Gasteiger partial charge in [-0.25, -0.2) is 4.98 Å². The van der Waals surface area contributed by atoms with Gasteiger partial charge in [0.1, 0.15) is 5.82 Å². The van der Waals surface area contributed by atoms with E-state index in [1.807, 2.05) is 24.3 Å². The van der Waals surface area contributed by atoms with Gasteiger partial charge in [-0.05, 0) is 55.7 Å². The molecule has 3 aromatic rings. The van der Waals surface area contributed by atoms with E-state index in [1.165, 1.54) is 0 Å². The quantitative estimate of drug-likeness (QED) is 0.542. The average Bonchev–Trinajstić information content (AvgIpc) is 3.30. The van der Waals surface area contributed by atoms with E-state index in [1.54, 1.807) is 18.3 Å². The first kappa shape index (κ1) is 21.3. The Kier molecular flexibility index (Phi) is 6.82. The van der Waals surface area contributed by atoms with Gasteiger partial charge in [-0.3, -0.25) is 4.79 Å². The Morgan fingerprint density at radius 2 is 2.00 bits per heavy atom. The molecule has 1 amide bonds. The molecule has 0 unspecified atom stereocenters. The Balaban J connectivity index is 1.46. The standard InChI is InChI=1S/C23H26ClN5O2/c1-2-3-12-26-22(30)17-10-14-29(15-11-17)21-19(5-4-13-25-21)23-27-20(28-31-23)16-6-8-18(24)9-7-16/h4-9,13,17H,2-3,10-12,14-15H2,1H3,(H,26,30). The zero-order chi connectivity index (χ0) is 21.6. The Morgan fingerprint density at radius 1 is 1.23 bits per heavy atom. The molecular weight excluding hydrogens is 414 g/mol. The number of nitrogens with zero attached hydrogens (tertiary/aromatic N) is 4. The highest BCUT2D eigenvalue weighted by Gasteiger charge is 2.27. The summed E-state index contributed by atoms with van der Waals surface area (Å²) in [6.07, 6.45) is 5.46. The van der Waals surface area contributed by atoms with Crippen molar-refractivity contribution < 1.29 is 9.32 Å². The number of halogens is 1. The second kappa shape index (κ2) is 9.92. The summed E-state index contributed by atoms with van der Waals surface area (Å²) in [7, 11) is 0. The summed E-state index contributed by atoms with van der Waals surface area (Å²) in [5, 5.41) is 7.83. The molecule has 1 saturated heterocycles. The monoisotopic (exact) mass is 439 g/mol. The Hall–Kier alpha value is -2.93. The fourth-order valence-corrected chi connectivity index (χ4v) is 3.88. The van der Waals surface area contributed by atoms with Gasteiger partial charge in [-0.1, -0.05) is 30.1 Å². The molecule has 1 aliphatic heterocycles. The average molecular weight is 440 g/mol. The molecule has 162 valence electrons. The largest absolute Gasteiger partial charge is 0.356 e. The van der Waals surface area contributed by atoms with Gasteiger partial charge in [0.15, 0.2) is 0 Å². The Morgan fingerprint density at radius 3 is 2.74 bits per heavy atom. The van der Waals surface area contributed by atoms with Gasteiger partial charge in [0, 0.05) is 42.3 Å². The lowest BCUT2D eigenvalue weighted by atomic mass is 9.95. The summed E-state index contributed by atoms with van der Waals surface area (Å²) in [6.45, 7) is 4.39. The first-order chi connectivity index (χ1) is 15.2. The summed E-state index contributed by atoms with van der Waals surface area (Å²) in [5.41, 5.74) is 1.63. The van der Waals surface area contributed by atoms with Crippen molar-refractivity contribution in [2.24, 2.45) is 5.92 Å². The normalized spacial score (nSPS) is 14.6. The van der Waals surface area contributed by atoms with Gasteiger partial charge in [0.25, 0.3) is 5.89 Å². The molecule has 2 aromatic heterocycles. The number of aromatic nitrogens is 3. The summed E-state index contributed by atoms with van der Waals surface area (Å²) in [6, 6.07) is 11.1. The van der Waals surface area contributed by atoms with Crippen LogP contribution in [0.1, 0.15) is 32.6 Å². The molecule has 1 N–H and O–H groups in total. The van der Waals surface area contributed by atoms with Gasteiger partial charge in [0.2, 0.25) is 11.7 Å². The topological polar surface area (TPSA) is 84.2 Å². The minimum Gasteiger partial charge on any atom is -0.356 e. The van der Waals surface area contributed by atoms with Crippen molar-refractivity contribution in [1.29, 1.82) is 0 Å². The number of unbranched alkanes of at least 4 members (excludes halogenated alkanes) is 1. The summed E-state index contributed by atoms with van der Waals surface area (Å²) >= 11 is 5.97. The zero-order valence-electron chi connectivity index (χ0n) is 17.6. The third-order valence-corrected chi connectivity index (χ3v) is 5.79. The van der Waals surface area contributed by atoms with Gasteiger partial charge in [-0.15, -0.1) is 0 Å². The number of pyridine rings is 1. The van der Waals surface area contributed by atoms with Crippen LogP contribution in [0.4, 0.5) is 5.82 Å². The highest BCUT2D eigenvalue weighted by atomic mass is 35.5. The third kappa shape index (κ3) is 5.05. The number of rotatable bonds is 7. The molecule has 0 spiro atoms. The molecule has 3 heterocycles. The number of anilines is 1. The molecular formula is C23H26ClN5O2. The molecule has 0 bridgehead atoms. The lowest BCUT2D eigenvalue weighted by Gasteiger charge is -2.32. The van der Waals surface area contributed by atoms with E-state index in [-0.39, 0.29) is 11.8 Å². The van der Waals surface area contributed by atoms with Crippen molar-refractivity contribution in [3.63, 3.8) is 0 Å².